The first kappa shape index (κ1) is 13.8. The highest BCUT2D eigenvalue weighted by molar-refractivity contribution is 7.10. The number of hydrogen-bond donors (Lipinski definition) is 2. The van der Waals surface area contributed by atoms with E-state index >= 15 is 0 Å². The van der Waals surface area contributed by atoms with E-state index in [-0.39, 0.29) is 11.9 Å². The van der Waals surface area contributed by atoms with Crippen LogP contribution in [-0.2, 0) is 0 Å². The molecule has 0 fully saturated rings. The molecule has 1 atom stereocenters. The fourth-order valence-corrected chi connectivity index (χ4v) is 3.29. The van der Waals surface area contributed by atoms with Crippen molar-refractivity contribution in [3.63, 3.8) is 0 Å². The van der Waals surface area contributed by atoms with Gasteiger partial charge in [0.15, 0.2) is 0 Å². The number of rotatable bonds is 4. The predicted molar refractivity (Wildman–Crippen MR) is 85.5 cm³/mol. The first-order chi connectivity index (χ1) is 10.1. The number of fused-ring (bicyclic) bond motifs is 1. The zero-order valence-corrected chi connectivity index (χ0v) is 12.8. The third-order valence-corrected chi connectivity index (χ3v) is 4.46. The Morgan fingerprint density at radius 3 is 2.90 bits per heavy atom. The van der Waals surface area contributed by atoms with Crippen molar-refractivity contribution in [2.24, 2.45) is 5.92 Å². The predicted octanol–water partition coefficient (Wildman–Crippen LogP) is 3.75. The third-order valence-electron chi connectivity index (χ3n) is 3.51. The molecule has 3 rings (SSSR count). The van der Waals surface area contributed by atoms with Crippen molar-refractivity contribution < 1.29 is 4.79 Å². The van der Waals surface area contributed by atoms with E-state index < -0.39 is 0 Å². The second-order valence-electron chi connectivity index (χ2n) is 5.38. The third kappa shape index (κ3) is 2.83. The van der Waals surface area contributed by atoms with E-state index in [9.17, 15) is 4.79 Å². The molecule has 108 valence electrons. The number of nitrogens with zero attached hydrogens (tertiary/aromatic N) is 1. The fourth-order valence-electron chi connectivity index (χ4n) is 2.34. The summed E-state index contributed by atoms with van der Waals surface area (Å²) in [5, 5.41) is 13.0. The van der Waals surface area contributed by atoms with Crippen LogP contribution in [0.4, 0.5) is 0 Å². The monoisotopic (exact) mass is 299 g/mol. The van der Waals surface area contributed by atoms with Crippen LogP contribution in [0.15, 0.2) is 41.9 Å². The van der Waals surface area contributed by atoms with Crippen LogP contribution in [0.2, 0.25) is 0 Å². The van der Waals surface area contributed by atoms with E-state index in [1.165, 1.54) is 4.88 Å². The van der Waals surface area contributed by atoms with Crippen LogP contribution in [0.5, 0.6) is 0 Å². The molecule has 21 heavy (non-hydrogen) atoms. The zero-order valence-electron chi connectivity index (χ0n) is 12.0. The van der Waals surface area contributed by atoms with Crippen molar-refractivity contribution in [1.82, 2.24) is 15.5 Å². The molecule has 0 saturated carbocycles. The lowest BCUT2D eigenvalue weighted by Gasteiger charge is -2.21. The molecule has 4 nitrogen and oxygen atoms in total. The van der Waals surface area contributed by atoms with E-state index in [2.05, 4.69) is 35.4 Å². The molecule has 0 radical (unpaired) electrons. The quantitative estimate of drug-likeness (QED) is 0.771. The second-order valence-corrected chi connectivity index (χ2v) is 6.36. The van der Waals surface area contributed by atoms with Gasteiger partial charge in [0.1, 0.15) is 0 Å². The lowest BCUT2D eigenvalue weighted by molar-refractivity contribution is 0.0926. The minimum Gasteiger partial charge on any atom is -0.344 e. The van der Waals surface area contributed by atoms with Crippen LogP contribution in [-0.4, -0.2) is 16.1 Å². The van der Waals surface area contributed by atoms with Crippen molar-refractivity contribution in [3.8, 4) is 0 Å². The smallest absolute Gasteiger partial charge is 0.251 e. The van der Waals surface area contributed by atoms with Gasteiger partial charge in [-0.05, 0) is 29.5 Å². The number of nitrogens with one attached hydrogen (secondary N) is 2. The molecule has 0 aliphatic carbocycles. The summed E-state index contributed by atoms with van der Waals surface area (Å²) in [6.45, 7) is 4.23. The summed E-state index contributed by atoms with van der Waals surface area (Å²) in [4.78, 5) is 13.7. The van der Waals surface area contributed by atoms with Gasteiger partial charge in [-0.25, -0.2) is 0 Å². The Labute approximate surface area is 127 Å². The average molecular weight is 299 g/mol. The van der Waals surface area contributed by atoms with Crippen molar-refractivity contribution in [2.45, 2.75) is 19.9 Å². The van der Waals surface area contributed by atoms with Crippen LogP contribution in [0, 0.1) is 5.92 Å². The van der Waals surface area contributed by atoms with Crippen molar-refractivity contribution in [2.75, 3.05) is 0 Å². The molecule has 0 spiro atoms. The van der Waals surface area contributed by atoms with Gasteiger partial charge in [0.2, 0.25) is 0 Å². The summed E-state index contributed by atoms with van der Waals surface area (Å²) in [6.07, 6.45) is 1.75. The van der Waals surface area contributed by atoms with Crippen molar-refractivity contribution in [1.29, 1.82) is 0 Å². The number of thiophene rings is 1. The number of H-pyrrole nitrogens is 1. The van der Waals surface area contributed by atoms with Crippen molar-refractivity contribution >= 4 is 28.1 Å². The van der Waals surface area contributed by atoms with Crippen LogP contribution >= 0.6 is 11.3 Å². The van der Waals surface area contributed by atoms with Crippen LogP contribution in [0.3, 0.4) is 0 Å². The topological polar surface area (TPSA) is 57.8 Å². The molecule has 2 heterocycles. The minimum atomic E-state index is -0.0569. The Morgan fingerprint density at radius 1 is 1.33 bits per heavy atom. The molecular formula is C16H17N3OS. The number of carbonyl (C=O) groups is 1. The van der Waals surface area contributed by atoms with Crippen LogP contribution in [0.1, 0.15) is 35.1 Å². The molecule has 0 bridgehead atoms. The lowest BCUT2D eigenvalue weighted by Crippen LogP contribution is -2.31. The molecule has 1 amide bonds. The molecule has 0 aliphatic heterocycles. The highest BCUT2D eigenvalue weighted by Gasteiger charge is 2.20. The Kier molecular flexibility index (Phi) is 3.75. The maximum absolute atomic E-state index is 12.5. The van der Waals surface area contributed by atoms with E-state index in [1.54, 1.807) is 17.5 Å². The summed E-state index contributed by atoms with van der Waals surface area (Å²) in [5.41, 5.74) is 1.52. The molecule has 5 heteroatoms. The van der Waals surface area contributed by atoms with Gasteiger partial charge in [-0.15, -0.1) is 11.3 Å². The Balaban J connectivity index is 1.83. The molecule has 1 aromatic carbocycles. The molecule has 2 N–H and O–H groups in total. The molecule has 2 aromatic heterocycles. The zero-order chi connectivity index (χ0) is 14.8. The largest absolute Gasteiger partial charge is 0.344 e. The molecule has 0 saturated heterocycles. The van der Waals surface area contributed by atoms with Gasteiger partial charge in [0.25, 0.3) is 5.91 Å². The maximum atomic E-state index is 12.5. The molecule has 0 aliphatic rings. The van der Waals surface area contributed by atoms with Gasteiger partial charge in [-0.1, -0.05) is 26.0 Å². The lowest BCUT2D eigenvalue weighted by atomic mass is 10.0. The first-order valence-corrected chi connectivity index (χ1v) is 7.80. The molecule has 3 aromatic rings. The Bertz CT molecular complexity index is 746. The van der Waals surface area contributed by atoms with Gasteiger partial charge in [0.05, 0.1) is 17.8 Å². The summed E-state index contributed by atoms with van der Waals surface area (Å²) >= 11 is 1.67. The highest BCUT2D eigenvalue weighted by atomic mass is 32.1. The molecule has 1 unspecified atom stereocenters. The molecular weight excluding hydrogens is 282 g/mol. The van der Waals surface area contributed by atoms with E-state index in [0.717, 1.165) is 10.9 Å². The van der Waals surface area contributed by atoms with Gasteiger partial charge in [-0.3, -0.25) is 9.89 Å². The first-order valence-electron chi connectivity index (χ1n) is 6.92. The number of aromatic nitrogens is 2. The number of amides is 1. The Morgan fingerprint density at radius 2 is 2.19 bits per heavy atom. The fraction of sp³-hybridized carbons (Fsp3) is 0.250. The summed E-state index contributed by atoms with van der Waals surface area (Å²) in [6, 6.07) is 9.69. The summed E-state index contributed by atoms with van der Waals surface area (Å²) in [7, 11) is 0. The van der Waals surface area contributed by atoms with Crippen LogP contribution in [0.25, 0.3) is 10.9 Å². The number of aromatic amines is 1. The van der Waals surface area contributed by atoms with Crippen molar-refractivity contribution in [3.05, 3.63) is 52.3 Å². The number of benzene rings is 1. The SMILES string of the molecule is CC(C)C(NC(=O)c1ccc2cn[nH]c2c1)c1cccs1. The average Bonchev–Trinajstić information content (AvgIpc) is 3.14. The maximum Gasteiger partial charge on any atom is 0.251 e. The van der Waals surface area contributed by atoms with E-state index in [1.807, 2.05) is 29.6 Å². The van der Waals surface area contributed by atoms with Gasteiger partial charge < -0.3 is 5.32 Å². The Hall–Kier alpha value is -2.14. The van der Waals surface area contributed by atoms with Gasteiger partial charge in [0, 0.05) is 15.8 Å². The number of hydrogen-bond acceptors (Lipinski definition) is 3. The van der Waals surface area contributed by atoms with Gasteiger partial charge in [-0.2, -0.15) is 5.10 Å². The summed E-state index contributed by atoms with van der Waals surface area (Å²) in [5.74, 6) is 0.280. The standard InChI is InChI=1S/C16H17N3OS/c1-10(2)15(14-4-3-7-21-14)18-16(20)11-5-6-12-9-17-19-13(12)8-11/h3-10,15H,1-2H3,(H,17,19)(H,18,20). The van der Waals surface area contributed by atoms with Gasteiger partial charge >= 0.3 is 0 Å². The van der Waals surface area contributed by atoms with E-state index in [0.29, 0.717) is 11.5 Å². The minimum absolute atomic E-state index is 0.0370. The normalized spacial score (nSPS) is 12.7. The summed E-state index contributed by atoms with van der Waals surface area (Å²) < 4.78 is 0. The number of carbonyl (C=O) groups excluding carboxylic acids is 1. The second kappa shape index (κ2) is 5.69. The highest BCUT2D eigenvalue weighted by Crippen LogP contribution is 2.26. The van der Waals surface area contributed by atoms with Crippen LogP contribution < -0.4 is 5.32 Å². The van der Waals surface area contributed by atoms with E-state index in [4.69, 9.17) is 0 Å².